The van der Waals surface area contributed by atoms with Crippen LogP contribution in [-0.4, -0.2) is 8.42 Å². The molecule has 1 atom stereocenters. The highest BCUT2D eigenvalue weighted by Crippen LogP contribution is 2.56. The first kappa shape index (κ1) is 22.2. The summed E-state index contributed by atoms with van der Waals surface area (Å²) in [5.41, 5.74) is 0.405. The first-order valence-corrected chi connectivity index (χ1v) is 13.2. The fourth-order valence-corrected chi connectivity index (χ4v) is 8.37. The number of rotatable bonds is 7. The van der Waals surface area contributed by atoms with Crippen molar-refractivity contribution >= 4 is 27.8 Å². The van der Waals surface area contributed by atoms with Gasteiger partial charge in [-0.3, -0.25) is 0 Å². The Morgan fingerprint density at radius 1 is 0.656 bits per heavy atom. The van der Waals surface area contributed by atoms with Gasteiger partial charge in [0.15, 0.2) is 7.14 Å². The summed E-state index contributed by atoms with van der Waals surface area (Å²) < 4.78 is 57.8. The topological polar surface area (TPSA) is 63.2 Å². The highest BCUT2D eigenvalue weighted by Gasteiger charge is 2.40. The van der Waals surface area contributed by atoms with Crippen molar-refractivity contribution < 1.29 is 17.4 Å². The van der Waals surface area contributed by atoms with E-state index < -0.39 is 28.8 Å². The molecule has 0 aliphatic heterocycles. The molecule has 7 heteroatoms. The number of nitrogens with one attached hydrogen (secondary N) is 1. The Balaban J connectivity index is 1.94. The third-order valence-corrected chi connectivity index (χ3v) is 10.0. The fourth-order valence-electron chi connectivity index (χ4n) is 3.56. The van der Waals surface area contributed by atoms with Crippen molar-refractivity contribution in [1.82, 2.24) is 4.72 Å². The van der Waals surface area contributed by atoms with Crippen LogP contribution in [0.4, 0.5) is 4.39 Å². The first-order valence-electron chi connectivity index (χ1n) is 9.95. The lowest BCUT2D eigenvalue weighted by Gasteiger charge is -2.30. The number of sulfonamides is 1. The highest BCUT2D eigenvalue weighted by atomic mass is 32.2. The van der Waals surface area contributed by atoms with E-state index in [-0.39, 0.29) is 4.90 Å². The van der Waals surface area contributed by atoms with E-state index in [9.17, 15) is 17.4 Å². The molecule has 0 aliphatic carbocycles. The van der Waals surface area contributed by atoms with Gasteiger partial charge in [-0.15, -0.1) is 0 Å². The van der Waals surface area contributed by atoms with Crippen molar-refractivity contribution in [2.24, 2.45) is 0 Å². The van der Waals surface area contributed by atoms with Crippen LogP contribution in [0.15, 0.2) is 120 Å². The number of benzene rings is 4. The molecule has 0 bridgehead atoms. The van der Waals surface area contributed by atoms with E-state index in [2.05, 4.69) is 4.72 Å². The largest absolute Gasteiger partial charge is 0.312 e. The molecule has 0 saturated carbocycles. The van der Waals surface area contributed by atoms with E-state index in [1.165, 1.54) is 36.4 Å². The minimum absolute atomic E-state index is 0.0554. The molecule has 0 unspecified atom stereocenters. The predicted octanol–water partition coefficient (Wildman–Crippen LogP) is 4.82. The molecule has 4 rings (SSSR count). The summed E-state index contributed by atoms with van der Waals surface area (Å²) in [4.78, 5) is 0.0554. The van der Waals surface area contributed by atoms with Crippen LogP contribution >= 0.6 is 7.14 Å². The van der Waals surface area contributed by atoms with Crippen molar-refractivity contribution in [1.29, 1.82) is 0 Å². The zero-order chi connectivity index (χ0) is 22.6. The summed E-state index contributed by atoms with van der Waals surface area (Å²) >= 11 is 0. The molecule has 4 aromatic rings. The van der Waals surface area contributed by atoms with E-state index in [0.29, 0.717) is 16.2 Å². The summed E-state index contributed by atoms with van der Waals surface area (Å²) in [6, 6.07) is 30.9. The Kier molecular flexibility index (Phi) is 6.38. The number of hydrogen-bond donors (Lipinski definition) is 1. The molecule has 0 radical (unpaired) electrons. The van der Waals surface area contributed by atoms with Gasteiger partial charge in [0, 0.05) is 10.6 Å². The summed E-state index contributed by atoms with van der Waals surface area (Å²) in [5.74, 6) is -1.61. The quantitative estimate of drug-likeness (QED) is 0.398. The molecule has 0 fully saturated rings. The van der Waals surface area contributed by atoms with Gasteiger partial charge < -0.3 is 4.57 Å². The van der Waals surface area contributed by atoms with Gasteiger partial charge in [-0.2, -0.15) is 4.72 Å². The SMILES string of the molecule is O=P(c1ccccc1)(c1ccccc1)[C@H](NS(=O)(=O)c1ccccc1)c1ccc(F)cc1. The van der Waals surface area contributed by atoms with Crippen molar-refractivity contribution in [3.63, 3.8) is 0 Å². The van der Waals surface area contributed by atoms with Gasteiger partial charge in [-0.05, 0) is 29.8 Å². The summed E-state index contributed by atoms with van der Waals surface area (Å²) in [6.07, 6.45) is 0. The number of halogens is 1. The van der Waals surface area contributed by atoms with Crippen molar-refractivity contribution in [2.45, 2.75) is 10.7 Å². The van der Waals surface area contributed by atoms with Crippen LogP contribution in [0.1, 0.15) is 11.3 Å². The maximum Gasteiger partial charge on any atom is 0.241 e. The van der Waals surface area contributed by atoms with Gasteiger partial charge in [0.25, 0.3) is 0 Å². The molecule has 1 N–H and O–H groups in total. The molecule has 0 saturated heterocycles. The molecule has 0 spiro atoms. The first-order chi connectivity index (χ1) is 15.4. The van der Waals surface area contributed by atoms with Crippen LogP contribution in [0.3, 0.4) is 0 Å². The second-order valence-electron chi connectivity index (χ2n) is 7.22. The zero-order valence-corrected chi connectivity index (χ0v) is 18.7. The van der Waals surface area contributed by atoms with Crippen LogP contribution in [0.2, 0.25) is 0 Å². The van der Waals surface area contributed by atoms with E-state index in [1.54, 1.807) is 78.9 Å². The minimum atomic E-state index is -4.03. The average molecular weight is 465 g/mol. The Labute approximate surface area is 187 Å². The second kappa shape index (κ2) is 9.21. The van der Waals surface area contributed by atoms with E-state index >= 15 is 0 Å². The average Bonchev–Trinajstić information content (AvgIpc) is 2.84. The van der Waals surface area contributed by atoms with Crippen molar-refractivity contribution in [3.8, 4) is 0 Å². The summed E-state index contributed by atoms with van der Waals surface area (Å²) in [5, 5.41) is 0.993. The maximum atomic E-state index is 14.9. The molecule has 0 heterocycles. The van der Waals surface area contributed by atoms with Crippen LogP contribution in [0.5, 0.6) is 0 Å². The molecule has 162 valence electrons. The van der Waals surface area contributed by atoms with Gasteiger partial charge >= 0.3 is 0 Å². The third-order valence-electron chi connectivity index (χ3n) is 5.15. The minimum Gasteiger partial charge on any atom is -0.312 e. The van der Waals surface area contributed by atoms with Crippen LogP contribution in [-0.2, 0) is 14.6 Å². The maximum absolute atomic E-state index is 14.9. The van der Waals surface area contributed by atoms with E-state index in [1.807, 2.05) is 0 Å². The van der Waals surface area contributed by atoms with Gasteiger partial charge in [0.2, 0.25) is 10.0 Å². The standard InChI is InChI=1S/C25H21FNO3PS/c26-21-18-16-20(17-19-21)25(27-32(29,30)24-14-8-3-9-15-24)31(28,22-10-4-1-5-11-22)23-12-6-2-7-13-23/h1-19,25,27H/t25-/m0/s1. The van der Waals surface area contributed by atoms with Crippen molar-refractivity contribution in [3.05, 3.63) is 127 Å². The van der Waals surface area contributed by atoms with Crippen LogP contribution in [0.25, 0.3) is 0 Å². The smallest absolute Gasteiger partial charge is 0.241 e. The molecule has 4 aromatic carbocycles. The molecular formula is C25H21FNO3PS. The lowest BCUT2D eigenvalue weighted by molar-refractivity contribution is 0.560. The third kappa shape index (κ3) is 4.44. The van der Waals surface area contributed by atoms with Gasteiger partial charge in [-0.1, -0.05) is 91.0 Å². The Morgan fingerprint density at radius 2 is 1.09 bits per heavy atom. The molecule has 0 amide bonds. The van der Waals surface area contributed by atoms with Gasteiger partial charge in [-0.25, -0.2) is 12.8 Å². The Bertz CT molecular complexity index is 1290. The Morgan fingerprint density at radius 3 is 1.56 bits per heavy atom. The number of hydrogen-bond acceptors (Lipinski definition) is 3. The molecule has 0 aromatic heterocycles. The molecule has 4 nitrogen and oxygen atoms in total. The highest BCUT2D eigenvalue weighted by molar-refractivity contribution is 7.90. The fraction of sp³-hybridized carbons (Fsp3) is 0.0400. The van der Waals surface area contributed by atoms with Gasteiger partial charge in [0.05, 0.1) is 4.90 Å². The summed E-state index contributed by atoms with van der Waals surface area (Å²) in [7, 11) is -7.63. The summed E-state index contributed by atoms with van der Waals surface area (Å²) in [6.45, 7) is 0. The van der Waals surface area contributed by atoms with Crippen LogP contribution in [0, 0.1) is 5.82 Å². The zero-order valence-electron chi connectivity index (χ0n) is 17.0. The second-order valence-corrected chi connectivity index (χ2v) is 11.8. The lowest BCUT2D eigenvalue weighted by Crippen LogP contribution is -2.34. The molecular weight excluding hydrogens is 444 g/mol. The lowest BCUT2D eigenvalue weighted by atomic mass is 10.2. The molecule has 0 aliphatic rings. The monoisotopic (exact) mass is 465 g/mol. The van der Waals surface area contributed by atoms with Crippen molar-refractivity contribution in [2.75, 3.05) is 0 Å². The predicted molar refractivity (Wildman–Crippen MR) is 126 cm³/mol. The molecule has 32 heavy (non-hydrogen) atoms. The normalized spacial score (nSPS) is 12.9. The van der Waals surface area contributed by atoms with Gasteiger partial charge in [0.1, 0.15) is 11.6 Å². The van der Waals surface area contributed by atoms with E-state index in [4.69, 9.17) is 0 Å². The van der Waals surface area contributed by atoms with Crippen LogP contribution < -0.4 is 15.3 Å². The Hall–Kier alpha value is -3.05. The van der Waals surface area contributed by atoms with E-state index in [0.717, 1.165) is 0 Å².